The van der Waals surface area contributed by atoms with Crippen LogP contribution in [0.15, 0.2) is 11.5 Å². The number of nitrogens with one attached hydrogen (secondary N) is 1. The number of halogens is 1. The topological polar surface area (TPSA) is 12.0 Å². The summed E-state index contributed by atoms with van der Waals surface area (Å²) >= 11 is 6.89. The number of rotatable bonds is 0. The Morgan fingerprint density at radius 1 is 1.83 bits per heavy atom. The van der Waals surface area contributed by atoms with E-state index in [1.807, 2.05) is 11.5 Å². The Labute approximate surface area is 45.9 Å². The van der Waals surface area contributed by atoms with Gasteiger partial charge in [0.25, 0.3) is 0 Å². The minimum Gasteiger partial charge on any atom is -0.234 e. The highest BCUT2D eigenvalue weighted by Crippen LogP contribution is 2.17. The fourth-order valence-electron chi connectivity index (χ4n) is 0.218. The first kappa shape index (κ1) is 4.50. The van der Waals surface area contributed by atoms with Crippen LogP contribution in [-0.2, 0) is 0 Å². The van der Waals surface area contributed by atoms with Crippen molar-refractivity contribution in [2.45, 2.75) is 0 Å². The van der Waals surface area contributed by atoms with Crippen molar-refractivity contribution in [1.29, 1.82) is 0 Å². The zero-order valence-corrected chi connectivity index (χ0v) is 4.51. The van der Waals surface area contributed by atoms with Gasteiger partial charge in [-0.1, -0.05) is 23.5 Å². The molecular weight excluding hydrogens is 118 g/mol. The molecule has 33 valence electrons. The lowest BCUT2D eigenvalue weighted by molar-refractivity contribution is 1.26. The second kappa shape index (κ2) is 1.87. The molecule has 1 nitrogen and oxygen atoms in total. The van der Waals surface area contributed by atoms with Crippen LogP contribution in [0, 0.1) is 5.50 Å². The SMILES string of the molecule is Cl[C]1C=CSN1. The van der Waals surface area contributed by atoms with Gasteiger partial charge >= 0.3 is 0 Å². The maximum atomic E-state index is 5.41. The molecule has 1 N–H and O–H groups in total. The van der Waals surface area contributed by atoms with Crippen LogP contribution in [-0.4, -0.2) is 0 Å². The van der Waals surface area contributed by atoms with Crippen molar-refractivity contribution >= 4 is 23.5 Å². The molecule has 1 aliphatic heterocycles. The quantitative estimate of drug-likeness (QED) is 0.384. The molecule has 0 aromatic carbocycles. The van der Waals surface area contributed by atoms with Crippen molar-refractivity contribution in [3.8, 4) is 0 Å². The second-order valence-electron chi connectivity index (χ2n) is 0.871. The van der Waals surface area contributed by atoms with Gasteiger partial charge in [0, 0.05) is 0 Å². The predicted octanol–water partition coefficient (Wildman–Crippen LogP) is 1.48. The Hall–Kier alpha value is 0.340. The van der Waals surface area contributed by atoms with E-state index in [1.165, 1.54) is 11.9 Å². The summed E-state index contributed by atoms with van der Waals surface area (Å²) < 4.78 is 2.81. The van der Waals surface area contributed by atoms with Crippen LogP contribution >= 0.6 is 23.5 Å². The van der Waals surface area contributed by atoms with Crippen LogP contribution < -0.4 is 4.72 Å². The minimum absolute atomic E-state index is 0.708. The zero-order chi connectivity index (χ0) is 4.41. The maximum Gasteiger partial charge on any atom is 0.159 e. The van der Waals surface area contributed by atoms with Gasteiger partial charge in [0.1, 0.15) is 0 Å². The van der Waals surface area contributed by atoms with Crippen LogP contribution in [0.25, 0.3) is 0 Å². The molecule has 1 rings (SSSR count). The summed E-state index contributed by atoms with van der Waals surface area (Å²) in [5.41, 5.74) is 0.708. The van der Waals surface area contributed by atoms with E-state index in [0.717, 1.165) is 0 Å². The summed E-state index contributed by atoms with van der Waals surface area (Å²) in [5, 5.41) is 1.89. The molecule has 3 heteroatoms. The zero-order valence-electron chi connectivity index (χ0n) is 2.94. The van der Waals surface area contributed by atoms with Crippen LogP contribution in [0.1, 0.15) is 0 Å². The maximum absolute atomic E-state index is 5.41. The number of hydrogen-bond acceptors (Lipinski definition) is 2. The van der Waals surface area contributed by atoms with Crippen molar-refractivity contribution < 1.29 is 0 Å². The van der Waals surface area contributed by atoms with Gasteiger partial charge in [0.05, 0.1) is 0 Å². The summed E-state index contributed by atoms with van der Waals surface area (Å²) in [6.45, 7) is 0. The number of hydrogen-bond donors (Lipinski definition) is 1. The Balaban J connectivity index is 2.38. The first-order valence-electron chi connectivity index (χ1n) is 1.50. The molecule has 0 fully saturated rings. The van der Waals surface area contributed by atoms with E-state index in [4.69, 9.17) is 11.6 Å². The summed E-state index contributed by atoms with van der Waals surface area (Å²) in [6.07, 6.45) is 1.81. The van der Waals surface area contributed by atoms with Gasteiger partial charge < -0.3 is 0 Å². The molecule has 6 heavy (non-hydrogen) atoms. The lowest BCUT2D eigenvalue weighted by Gasteiger charge is -1.88. The predicted molar refractivity (Wildman–Crippen MR) is 29.0 cm³/mol. The Bertz CT molecular complexity index is 73.2. The summed E-state index contributed by atoms with van der Waals surface area (Å²) in [6, 6.07) is 0. The van der Waals surface area contributed by atoms with E-state index >= 15 is 0 Å². The molecule has 0 aromatic rings. The van der Waals surface area contributed by atoms with Gasteiger partial charge in [-0.25, -0.2) is 4.72 Å². The monoisotopic (exact) mass is 120 g/mol. The van der Waals surface area contributed by atoms with Crippen LogP contribution in [0.2, 0.25) is 0 Å². The fraction of sp³-hybridized carbons (Fsp3) is 0. The third-order valence-corrected chi connectivity index (χ3v) is 1.38. The molecule has 0 amide bonds. The molecule has 1 aliphatic rings. The Kier molecular flexibility index (Phi) is 1.40. The van der Waals surface area contributed by atoms with E-state index in [2.05, 4.69) is 4.72 Å². The minimum atomic E-state index is 0.708. The fourth-order valence-corrected chi connectivity index (χ4v) is 0.942. The van der Waals surface area contributed by atoms with Crippen molar-refractivity contribution in [1.82, 2.24) is 4.72 Å². The van der Waals surface area contributed by atoms with E-state index in [1.54, 1.807) is 0 Å². The lowest BCUT2D eigenvalue weighted by Crippen LogP contribution is -1.95. The normalized spacial score (nSPS) is 22.8. The largest absolute Gasteiger partial charge is 0.234 e. The van der Waals surface area contributed by atoms with Gasteiger partial charge in [-0.2, -0.15) is 0 Å². The highest BCUT2D eigenvalue weighted by Gasteiger charge is 2.02. The van der Waals surface area contributed by atoms with Gasteiger partial charge in [-0.3, -0.25) is 0 Å². The Morgan fingerprint density at radius 3 is 2.83 bits per heavy atom. The van der Waals surface area contributed by atoms with E-state index in [-0.39, 0.29) is 0 Å². The summed E-state index contributed by atoms with van der Waals surface area (Å²) in [7, 11) is 0. The van der Waals surface area contributed by atoms with Crippen LogP contribution in [0.4, 0.5) is 0 Å². The van der Waals surface area contributed by atoms with Crippen molar-refractivity contribution in [2.75, 3.05) is 0 Å². The smallest absolute Gasteiger partial charge is 0.159 e. The van der Waals surface area contributed by atoms with Crippen LogP contribution in [0.3, 0.4) is 0 Å². The third-order valence-electron chi connectivity index (χ3n) is 0.439. The molecule has 0 atom stereocenters. The van der Waals surface area contributed by atoms with Gasteiger partial charge in [-0.15, -0.1) is 0 Å². The molecule has 0 bridgehead atoms. The van der Waals surface area contributed by atoms with Crippen molar-refractivity contribution in [3.05, 3.63) is 17.0 Å². The molecule has 0 unspecified atom stereocenters. The highest BCUT2D eigenvalue weighted by atomic mass is 35.5. The van der Waals surface area contributed by atoms with E-state index in [0.29, 0.717) is 5.50 Å². The Morgan fingerprint density at radius 2 is 2.67 bits per heavy atom. The van der Waals surface area contributed by atoms with Crippen molar-refractivity contribution in [2.24, 2.45) is 0 Å². The van der Waals surface area contributed by atoms with Gasteiger partial charge in [-0.05, 0) is 11.5 Å². The molecule has 1 heterocycles. The lowest BCUT2D eigenvalue weighted by atomic mass is 10.7. The molecule has 0 saturated heterocycles. The van der Waals surface area contributed by atoms with Crippen molar-refractivity contribution in [3.63, 3.8) is 0 Å². The van der Waals surface area contributed by atoms with Gasteiger partial charge in [0.15, 0.2) is 5.50 Å². The summed E-state index contributed by atoms with van der Waals surface area (Å²) in [5.74, 6) is 0. The first-order valence-corrected chi connectivity index (χ1v) is 2.76. The molecule has 0 spiro atoms. The molecule has 0 aliphatic carbocycles. The third kappa shape index (κ3) is 0.899. The van der Waals surface area contributed by atoms with Crippen LogP contribution in [0.5, 0.6) is 0 Å². The average molecular weight is 121 g/mol. The second-order valence-corrected chi connectivity index (χ2v) is 1.99. The average Bonchev–Trinajstić information content (AvgIpc) is 1.86. The van der Waals surface area contributed by atoms with Gasteiger partial charge in [0.2, 0.25) is 0 Å². The molecule has 0 aromatic heterocycles. The van der Waals surface area contributed by atoms with E-state index in [9.17, 15) is 0 Å². The summed E-state index contributed by atoms with van der Waals surface area (Å²) in [4.78, 5) is 0. The first-order chi connectivity index (χ1) is 2.89. The highest BCUT2D eigenvalue weighted by molar-refractivity contribution is 8.00. The standard InChI is InChI=1S/C3H3ClNS/c4-3-1-2-6-5-3/h1-2,5H. The molecule has 0 saturated carbocycles. The molecule has 1 radical (unpaired) electrons. The van der Waals surface area contributed by atoms with E-state index < -0.39 is 0 Å². The molecular formula is C3H3ClNS.